The van der Waals surface area contributed by atoms with Crippen LogP contribution in [0.3, 0.4) is 0 Å². The predicted molar refractivity (Wildman–Crippen MR) is 65.4 cm³/mol. The van der Waals surface area contributed by atoms with Crippen molar-refractivity contribution in [1.29, 1.82) is 0 Å². The molecule has 6 heteroatoms. The first-order chi connectivity index (χ1) is 7.98. The van der Waals surface area contributed by atoms with Crippen LogP contribution in [0.25, 0.3) is 0 Å². The Balaban J connectivity index is 1.91. The van der Waals surface area contributed by atoms with Gasteiger partial charge in [0.1, 0.15) is 0 Å². The molecule has 1 amide bonds. The first-order valence-corrected chi connectivity index (χ1v) is 8.01. The molecule has 2 aliphatic heterocycles. The second kappa shape index (κ2) is 4.94. The van der Waals surface area contributed by atoms with E-state index in [1.54, 1.807) is 4.90 Å². The zero-order valence-electron chi connectivity index (χ0n) is 10.2. The van der Waals surface area contributed by atoms with Crippen LogP contribution in [0.2, 0.25) is 0 Å². The molecule has 0 bridgehead atoms. The zero-order valence-corrected chi connectivity index (χ0v) is 11.0. The molecule has 2 rings (SSSR count). The number of carbonyl (C=O) groups excluding carboxylic acids is 1. The van der Waals surface area contributed by atoms with Crippen molar-refractivity contribution in [2.45, 2.75) is 25.8 Å². The molecule has 2 aliphatic rings. The summed E-state index contributed by atoms with van der Waals surface area (Å²) >= 11 is 0. The number of rotatable bonds is 2. The van der Waals surface area contributed by atoms with Crippen LogP contribution < -0.4 is 5.32 Å². The molecule has 0 spiro atoms. The number of sulfone groups is 1. The molecule has 17 heavy (non-hydrogen) atoms. The number of hydrogen-bond acceptors (Lipinski definition) is 4. The van der Waals surface area contributed by atoms with E-state index in [1.807, 2.05) is 6.92 Å². The third kappa shape index (κ3) is 3.19. The maximum atomic E-state index is 12.1. The number of amides is 1. The highest BCUT2D eigenvalue weighted by Gasteiger charge is 2.32. The van der Waals surface area contributed by atoms with Crippen LogP contribution in [-0.2, 0) is 14.6 Å². The third-order valence-corrected chi connectivity index (χ3v) is 5.41. The zero-order chi connectivity index (χ0) is 12.5. The first-order valence-electron chi connectivity index (χ1n) is 6.18. The van der Waals surface area contributed by atoms with Gasteiger partial charge in [0.05, 0.1) is 11.5 Å². The fraction of sp³-hybridized carbons (Fsp3) is 0.909. The number of hydrogen-bond donors (Lipinski definition) is 1. The molecule has 0 saturated carbocycles. The minimum atomic E-state index is -2.93. The van der Waals surface area contributed by atoms with Crippen molar-refractivity contribution in [3.05, 3.63) is 0 Å². The van der Waals surface area contributed by atoms with Crippen LogP contribution in [0.5, 0.6) is 0 Å². The summed E-state index contributed by atoms with van der Waals surface area (Å²) in [6.07, 6.45) is 1.60. The summed E-state index contributed by atoms with van der Waals surface area (Å²) in [5.41, 5.74) is 0. The van der Waals surface area contributed by atoms with Gasteiger partial charge >= 0.3 is 0 Å². The topological polar surface area (TPSA) is 66.5 Å². The van der Waals surface area contributed by atoms with E-state index in [2.05, 4.69) is 5.32 Å². The van der Waals surface area contributed by atoms with Crippen LogP contribution in [0, 0.1) is 5.92 Å². The lowest BCUT2D eigenvalue weighted by molar-refractivity contribution is -0.133. The van der Waals surface area contributed by atoms with Gasteiger partial charge in [0.2, 0.25) is 5.91 Å². The maximum Gasteiger partial charge on any atom is 0.223 e. The van der Waals surface area contributed by atoms with Gasteiger partial charge in [-0.2, -0.15) is 0 Å². The minimum absolute atomic E-state index is 0.112. The van der Waals surface area contributed by atoms with Crippen molar-refractivity contribution >= 4 is 15.7 Å². The van der Waals surface area contributed by atoms with Gasteiger partial charge < -0.3 is 10.2 Å². The predicted octanol–water partition coefficient (Wildman–Crippen LogP) is -0.368. The summed E-state index contributed by atoms with van der Waals surface area (Å²) < 4.78 is 22.9. The third-order valence-electron chi connectivity index (χ3n) is 3.62. The van der Waals surface area contributed by atoms with E-state index in [4.69, 9.17) is 0 Å². The van der Waals surface area contributed by atoms with Gasteiger partial charge in [-0.1, -0.05) is 0 Å². The molecule has 5 nitrogen and oxygen atoms in total. The first kappa shape index (κ1) is 12.8. The summed E-state index contributed by atoms with van der Waals surface area (Å²) in [6.45, 7) is 4.08. The highest BCUT2D eigenvalue weighted by molar-refractivity contribution is 7.91. The number of nitrogens with one attached hydrogen (secondary N) is 1. The van der Waals surface area contributed by atoms with E-state index in [-0.39, 0.29) is 23.5 Å². The van der Waals surface area contributed by atoms with E-state index in [9.17, 15) is 13.2 Å². The molecule has 0 aliphatic carbocycles. The molecule has 2 saturated heterocycles. The maximum absolute atomic E-state index is 12.1. The smallest absolute Gasteiger partial charge is 0.223 e. The SMILES string of the molecule is CC1CS(=O)(=O)CCN1C(=O)CC1CCNC1. The van der Waals surface area contributed by atoms with Crippen molar-refractivity contribution in [1.82, 2.24) is 10.2 Å². The van der Waals surface area contributed by atoms with Crippen LogP contribution in [0.4, 0.5) is 0 Å². The molecule has 98 valence electrons. The molecule has 0 aromatic rings. The van der Waals surface area contributed by atoms with E-state index in [0.717, 1.165) is 19.5 Å². The van der Waals surface area contributed by atoms with Gasteiger partial charge in [0, 0.05) is 19.0 Å². The molecule has 0 aromatic heterocycles. The van der Waals surface area contributed by atoms with Gasteiger partial charge in [-0.05, 0) is 32.4 Å². The fourth-order valence-electron chi connectivity index (χ4n) is 2.62. The van der Waals surface area contributed by atoms with Crippen LogP contribution in [-0.4, -0.2) is 56.4 Å². The summed E-state index contributed by atoms with van der Waals surface area (Å²) in [6, 6.07) is -0.171. The van der Waals surface area contributed by atoms with Crippen molar-refractivity contribution in [2.24, 2.45) is 5.92 Å². The Labute approximate surface area is 102 Å². The van der Waals surface area contributed by atoms with Crippen LogP contribution in [0.15, 0.2) is 0 Å². The van der Waals surface area contributed by atoms with Gasteiger partial charge in [0.25, 0.3) is 0 Å². The van der Waals surface area contributed by atoms with Gasteiger partial charge in [-0.3, -0.25) is 4.79 Å². The van der Waals surface area contributed by atoms with Gasteiger partial charge in [-0.25, -0.2) is 8.42 Å². The largest absolute Gasteiger partial charge is 0.338 e. The van der Waals surface area contributed by atoms with Gasteiger partial charge in [0.15, 0.2) is 9.84 Å². The molecule has 2 fully saturated rings. The second-order valence-electron chi connectivity index (χ2n) is 5.11. The van der Waals surface area contributed by atoms with Gasteiger partial charge in [-0.15, -0.1) is 0 Å². The Morgan fingerprint density at radius 2 is 2.24 bits per heavy atom. The summed E-state index contributed by atoms with van der Waals surface area (Å²) in [5.74, 6) is 0.766. The Bertz CT molecular complexity index is 388. The fourth-order valence-corrected chi connectivity index (χ4v) is 4.18. The van der Waals surface area contributed by atoms with Crippen LogP contribution in [0.1, 0.15) is 19.8 Å². The molecule has 0 radical (unpaired) electrons. The summed E-state index contributed by atoms with van der Waals surface area (Å²) in [7, 11) is -2.93. The lowest BCUT2D eigenvalue weighted by Crippen LogP contribution is -2.50. The number of nitrogens with zero attached hydrogens (tertiary/aromatic N) is 1. The molecule has 1 N–H and O–H groups in total. The second-order valence-corrected chi connectivity index (χ2v) is 7.34. The van der Waals surface area contributed by atoms with Crippen molar-refractivity contribution in [3.63, 3.8) is 0 Å². The van der Waals surface area contributed by atoms with Crippen LogP contribution >= 0.6 is 0 Å². The average molecular weight is 260 g/mol. The average Bonchev–Trinajstić information content (AvgIpc) is 2.68. The normalized spacial score (nSPS) is 32.6. The van der Waals surface area contributed by atoms with E-state index < -0.39 is 9.84 Å². The molecule has 2 atom stereocenters. The van der Waals surface area contributed by atoms with E-state index in [0.29, 0.717) is 18.9 Å². The van der Waals surface area contributed by atoms with Crippen molar-refractivity contribution < 1.29 is 13.2 Å². The molecular formula is C11H20N2O3S. The van der Waals surface area contributed by atoms with E-state index >= 15 is 0 Å². The van der Waals surface area contributed by atoms with Crippen molar-refractivity contribution in [2.75, 3.05) is 31.1 Å². The standard InChI is InChI=1S/C11H20N2O3S/c1-9-8-17(15,16)5-4-13(9)11(14)6-10-2-3-12-7-10/h9-10,12H,2-8H2,1H3. The van der Waals surface area contributed by atoms with E-state index in [1.165, 1.54) is 0 Å². The Morgan fingerprint density at radius 3 is 2.82 bits per heavy atom. The quantitative estimate of drug-likeness (QED) is 0.736. The Morgan fingerprint density at radius 1 is 1.47 bits per heavy atom. The molecular weight excluding hydrogens is 240 g/mol. The lowest BCUT2D eigenvalue weighted by atomic mass is 10.0. The summed E-state index contributed by atoms with van der Waals surface area (Å²) in [5, 5.41) is 3.24. The molecule has 0 aromatic carbocycles. The lowest BCUT2D eigenvalue weighted by Gasteiger charge is -2.33. The Kier molecular flexibility index (Phi) is 3.73. The monoisotopic (exact) mass is 260 g/mol. The number of carbonyl (C=O) groups is 1. The molecule has 2 unspecified atom stereocenters. The summed E-state index contributed by atoms with van der Waals surface area (Å²) in [4.78, 5) is 13.8. The highest BCUT2D eigenvalue weighted by Crippen LogP contribution is 2.18. The van der Waals surface area contributed by atoms with Crippen molar-refractivity contribution in [3.8, 4) is 0 Å². The Hall–Kier alpha value is -0.620. The molecule has 2 heterocycles. The highest BCUT2D eigenvalue weighted by atomic mass is 32.2. The minimum Gasteiger partial charge on any atom is -0.338 e.